The molecule has 1 aliphatic rings. The van der Waals surface area contributed by atoms with Gasteiger partial charge >= 0.3 is 0 Å². The molecule has 0 bridgehead atoms. The molecule has 0 aromatic heterocycles. The second-order valence-corrected chi connectivity index (χ2v) is 2.33. The third-order valence-electron chi connectivity index (χ3n) is 1.64. The Morgan fingerprint density at radius 3 is 3.10 bits per heavy atom. The van der Waals surface area contributed by atoms with E-state index in [9.17, 15) is 0 Å². The van der Waals surface area contributed by atoms with Crippen molar-refractivity contribution in [3.05, 3.63) is 47.7 Å². The summed E-state index contributed by atoms with van der Waals surface area (Å²) in [6.07, 6.45) is 4.99. The lowest BCUT2D eigenvalue weighted by atomic mass is 10.1. The Labute approximate surface area is 60.4 Å². The van der Waals surface area contributed by atoms with E-state index in [0.29, 0.717) is 0 Å². The van der Waals surface area contributed by atoms with Crippen molar-refractivity contribution in [1.29, 1.82) is 0 Å². The Morgan fingerprint density at radius 2 is 2.20 bits per heavy atom. The Bertz CT molecular complexity index is 263. The van der Waals surface area contributed by atoms with Gasteiger partial charge in [0.05, 0.1) is 0 Å². The first-order chi connectivity index (χ1) is 4.97. The van der Waals surface area contributed by atoms with Gasteiger partial charge in [-0.25, -0.2) is 0 Å². The van der Waals surface area contributed by atoms with Crippen molar-refractivity contribution in [1.82, 2.24) is 5.32 Å². The number of hydrogen-bond acceptors (Lipinski definition) is 1. The smallest absolute Gasteiger partial charge is 0.0401 e. The minimum atomic E-state index is 0.934. The van der Waals surface area contributed by atoms with Gasteiger partial charge in [0.15, 0.2) is 0 Å². The number of fused-ring (bicyclic) bond motifs is 1. The molecule has 49 valence electrons. The van der Waals surface area contributed by atoms with Crippen LogP contribution < -0.4 is 5.32 Å². The van der Waals surface area contributed by atoms with E-state index in [4.69, 9.17) is 0 Å². The SMILES string of the molecule is [C]1=CNCc2ccccc21. The summed E-state index contributed by atoms with van der Waals surface area (Å²) in [5.74, 6) is 0. The topological polar surface area (TPSA) is 12.0 Å². The fraction of sp³-hybridized carbons (Fsp3) is 0.111. The van der Waals surface area contributed by atoms with Crippen LogP contribution in [0.25, 0.3) is 0 Å². The Kier molecular flexibility index (Phi) is 1.21. The van der Waals surface area contributed by atoms with Gasteiger partial charge in [0.1, 0.15) is 0 Å². The lowest BCUT2D eigenvalue weighted by molar-refractivity contribution is 0.842. The van der Waals surface area contributed by atoms with Gasteiger partial charge in [-0.2, -0.15) is 0 Å². The van der Waals surface area contributed by atoms with Crippen LogP contribution in [0.2, 0.25) is 0 Å². The van der Waals surface area contributed by atoms with E-state index >= 15 is 0 Å². The highest BCUT2D eigenvalue weighted by atomic mass is 14.8. The lowest BCUT2D eigenvalue weighted by Gasteiger charge is -2.09. The second-order valence-electron chi connectivity index (χ2n) is 2.33. The van der Waals surface area contributed by atoms with Gasteiger partial charge in [-0.3, -0.25) is 0 Å². The van der Waals surface area contributed by atoms with E-state index in [1.54, 1.807) is 0 Å². The van der Waals surface area contributed by atoms with Crippen molar-refractivity contribution in [2.45, 2.75) is 6.54 Å². The van der Waals surface area contributed by atoms with Crippen LogP contribution in [-0.4, -0.2) is 0 Å². The minimum absolute atomic E-state index is 0.934. The van der Waals surface area contributed by atoms with Gasteiger partial charge in [-0.15, -0.1) is 0 Å². The molecule has 0 saturated carbocycles. The molecule has 1 N–H and O–H groups in total. The van der Waals surface area contributed by atoms with Crippen molar-refractivity contribution < 1.29 is 0 Å². The zero-order valence-electron chi connectivity index (χ0n) is 5.59. The number of hydrogen-bond donors (Lipinski definition) is 1. The van der Waals surface area contributed by atoms with Gasteiger partial charge in [-0.05, 0) is 11.1 Å². The van der Waals surface area contributed by atoms with Crippen LogP contribution in [0.1, 0.15) is 11.1 Å². The maximum Gasteiger partial charge on any atom is 0.0401 e. The summed E-state index contributed by atoms with van der Waals surface area (Å²) in [6.45, 7) is 0.934. The van der Waals surface area contributed by atoms with E-state index in [1.165, 1.54) is 11.1 Å². The van der Waals surface area contributed by atoms with Crippen LogP contribution in [0.5, 0.6) is 0 Å². The summed E-state index contributed by atoms with van der Waals surface area (Å²) >= 11 is 0. The predicted molar refractivity (Wildman–Crippen MR) is 40.2 cm³/mol. The average Bonchev–Trinajstić information content (AvgIpc) is 2.05. The largest absolute Gasteiger partial charge is 0.386 e. The van der Waals surface area contributed by atoms with E-state index in [2.05, 4.69) is 23.5 Å². The highest BCUT2D eigenvalue weighted by Gasteiger charge is 2.00. The molecule has 1 aromatic carbocycles. The average molecular weight is 130 g/mol. The summed E-state index contributed by atoms with van der Waals surface area (Å²) < 4.78 is 0. The maximum absolute atomic E-state index is 3.13. The molecule has 0 fully saturated rings. The molecule has 1 heterocycles. The molecule has 1 nitrogen and oxygen atoms in total. The first-order valence-electron chi connectivity index (χ1n) is 3.36. The fourth-order valence-electron chi connectivity index (χ4n) is 1.11. The second kappa shape index (κ2) is 2.18. The Hall–Kier alpha value is -1.24. The zero-order valence-corrected chi connectivity index (χ0v) is 5.59. The standard InChI is InChI=1S/C9H8N/c1-2-4-9-7-10-6-5-8(9)3-1/h1-4,6,10H,7H2. The predicted octanol–water partition coefficient (Wildman–Crippen LogP) is 1.45. The molecular weight excluding hydrogens is 122 g/mol. The normalized spacial score (nSPS) is 14.0. The van der Waals surface area contributed by atoms with E-state index < -0.39 is 0 Å². The maximum atomic E-state index is 3.13. The van der Waals surface area contributed by atoms with Gasteiger partial charge in [0.25, 0.3) is 0 Å². The van der Waals surface area contributed by atoms with Crippen molar-refractivity contribution >= 4 is 0 Å². The molecular formula is C9H8N. The summed E-state index contributed by atoms with van der Waals surface area (Å²) in [5.41, 5.74) is 2.53. The number of rotatable bonds is 0. The minimum Gasteiger partial charge on any atom is -0.386 e. The molecule has 1 heteroatoms. The van der Waals surface area contributed by atoms with Gasteiger partial charge < -0.3 is 5.32 Å². The van der Waals surface area contributed by atoms with E-state index in [-0.39, 0.29) is 0 Å². The Balaban J connectivity index is 2.54. The van der Waals surface area contributed by atoms with Crippen LogP contribution in [-0.2, 0) is 6.54 Å². The fourth-order valence-corrected chi connectivity index (χ4v) is 1.11. The first kappa shape index (κ1) is 5.54. The molecule has 0 amide bonds. The molecule has 0 atom stereocenters. The quantitative estimate of drug-likeness (QED) is 0.560. The van der Waals surface area contributed by atoms with Crippen LogP contribution in [0.4, 0.5) is 0 Å². The molecule has 0 aliphatic carbocycles. The van der Waals surface area contributed by atoms with Crippen molar-refractivity contribution in [3.8, 4) is 0 Å². The summed E-state index contributed by atoms with van der Waals surface area (Å²) in [7, 11) is 0. The first-order valence-corrected chi connectivity index (χ1v) is 3.36. The third-order valence-corrected chi connectivity index (χ3v) is 1.64. The highest BCUT2D eigenvalue weighted by molar-refractivity contribution is 5.33. The molecule has 1 aliphatic heterocycles. The van der Waals surface area contributed by atoms with Crippen molar-refractivity contribution in [3.63, 3.8) is 0 Å². The van der Waals surface area contributed by atoms with Gasteiger partial charge in [-0.1, -0.05) is 24.3 Å². The van der Waals surface area contributed by atoms with Gasteiger partial charge in [0.2, 0.25) is 0 Å². The van der Waals surface area contributed by atoms with Crippen LogP contribution in [0.15, 0.2) is 30.5 Å². The van der Waals surface area contributed by atoms with E-state index in [1.807, 2.05) is 18.3 Å². The van der Waals surface area contributed by atoms with Crippen molar-refractivity contribution in [2.75, 3.05) is 0 Å². The summed E-state index contributed by atoms with van der Waals surface area (Å²) in [4.78, 5) is 0. The molecule has 1 aromatic rings. The lowest BCUT2D eigenvalue weighted by Crippen LogP contribution is -2.10. The van der Waals surface area contributed by atoms with Crippen molar-refractivity contribution in [2.24, 2.45) is 0 Å². The van der Waals surface area contributed by atoms with Crippen LogP contribution in [0.3, 0.4) is 0 Å². The summed E-state index contributed by atoms with van der Waals surface area (Å²) in [5, 5.41) is 3.10. The molecule has 0 saturated heterocycles. The molecule has 10 heavy (non-hydrogen) atoms. The zero-order chi connectivity index (χ0) is 6.81. The molecule has 1 radical (unpaired) electrons. The number of nitrogens with one attached hydrogen (secondary N) is 1. The highest BCUT2D eigenvalue weighted by Crippen LogP contribution is 2.10. The van der Waals surface area contributed by atoms with Gasteiger partial charge in [0, 0.05) is 18.8 Å². The Morgan fingerprint density at radius 1 is 1.30 bits per heavy atom. The van der Waals surface area contributed by atoms with Crippen LogP contribution in [0, 0.1) is 6.08 Å². The molecule has 0 unspecified atom stereocenters. The molecule has 2 rings (SSSR count). The van der Waals surface area contributed by atoms with Crippen LogP contribution >= 0.6 is 0 Å². The van der Waals surface area contributed by atoms with E-state index in [0.717, 1.165) is 6.54 Å². The number of benzene rings is 1. The molecule has 0 spiro atoms. The summed E-state index contributed by atoms with van der Waals surface area (Å²) in [6, 6.07) is 8.27. The monoisotopic (exact) mass is 130 g/mol. The third kappa shape index (κ3) is 0.798.